The molecule has 0 heterocycles. The van der Waals surface area contributed by atoms with E-state index in [9.17, 15) is 4.79 Å². The first-order valence-corrected chi connectivity index (χ1v) is 8.13. The van der Waals surface area contributed by atoms with Crippen molar-refractivity contribution in [3.8, 4) is 0 Å². The Balaban J connectivity index is 4.14. The summed E-state index contributed by atoms with van der Waals surface area (Å²) in [6.07, 6.45) is 5.49. The topological polar surface area (TPSA) is 26.3 Å². The van der Waals surface area contributed by atoms with E-state index in [1.54, 1.807) is 0 Å². The van der Waals surface area contributed by atoms with Crippen LogP contribution in [-0.4, -0.2) is 28.0 Å². The number of rotatable bonds is 7. The maximum absolute atomic E-state index is 11.3. The molecule has 0 saturated heterocycles. The molecular weight excluding hydrogens is 279 g/mol. The normalized spacial score (nSPS) is 12.3. The fourth-order valence-corrected chi connectivity index (χ4v) is 3.03. The molecule has 0 aliphatic heterocycles. The van der Waals surface area contributed by atoms with E-state index in [-0.39, 0.29) is 20.9 Å². The van der Waals surface area contributed by atoms with Crippen LogP contribution < -0.4 is 0 Å². The van der Waals surface area contributed by atoms with Crippen LogP contribution in [0, 0.1) is 0 Å². The number of unbranched alkanes of at least 4 members (excludes halogenated alkanes) is 3. The van der Waals surface area contributed by atoms with E-state index < -0.39 is 0 Å². The van der Waals surface area contributed by atoms with Gasteiger partial charge in [-0.05, 0) is 0 Å². The van der Waals surface area contributed by atoms with Crippen LogP contribution in [0.15, 0.2) is 9.50 Å². The fourth-order valence-electron chi connectivity index (χ4n) is 1.22. The van der Waals surface area contributed by atoms with Crippen LogP contribution in [0.4, 0.5) is 0 Å². The van der Waals surface area contributed by atoms with Crippen molar-refractivity contribution in [1.82, 2.24) is 0 Å². The van der Waals surface area contributed by atoms with Gasteiger partial charge in [-0.2, -0.15) is 0 Å². The summed E-state index contributed by atoms with van der Waals surface area (Å²) in [4.78, 5) is 11.3. The molecule has 2 nitrogen and oxygen atoms in total. The van der Waals surface area contributed by atoms with Gasteiger partial charge >= 0.3 is 104 Å². The first-order chi connectivity index (χ1) is 7.17. The van der Waals surface area contributed by atoms with Crippen LogP contribution in [0.3, 0.4) is 0 Å². The molecule has 0 aromatic heterocycles. The van der Waals surface area contributed by atoms with Crippen LogP contribution >= 0.6 is 11.6 Å². The van der Waals surface area contributed by atoms with E-state index in [1.807, 2.05) is 5.82 Å². The molecular formula is C11H19ClO2Se. The van der Waals surface area contributed by atoms with Crippen molar-refractivity contribution >= 4 is 32.5 Å². The molecule has 0 amide bonds. The summed E-state index contributed by atoms with van der Waals surface area (Å²) in [5.74, 6) is 1.71. The van der Waals surface area contributed by atoms with Crippen LogP contribution in [0.1, 0.15) is 39.0 Å². The summed E-state index contributed by atoms with van der Waals surface area (Å²) in [5, 5.41) is 0.695. The third-order valence-electron chi connectivity index (χ3n) is 2.07. The monoisotopic (exact) mass is 298 g/mol. The molecule has 0 radical (unpaired) electrons. The molecule has 0 atom stereocenters. The summed E-state index contributed by atoms with van der Waals surface area (Å²) >= 11 is 6.20. The first kappa shape index (κ1) is 15.0. The maximum atomic E-state index is 11.3. The molecule has 0 bridgehead atoms. The molecule has 0 aromatic carbocycles. The number of allylic oxidation sites excluding steroid dienone is 1. The number of hydrogen-bond donors (Lipinski definition) is 0. The Morgan fingerprint density at radius 2 is 2.00 bits per heavy atom. The minimum absolute atomic E-state index is 0.106. The predicted molar refractivity (Wildman–Crippen MR) is 65.3 cm³/mol. The summed E-state index contributed by atoms with van der Waals surface area (Å²) < 4.78 is 5.37. The van der Waals surface area contributed by atoms with Gasteiger partial charge in [0.05, 0.1) is 0 Å². The van der Waals surface area contributed by atoms with Gasteiger partial charge in [0.15, 0.2) is 0 Å². The zero-order valence-electron chi connectivity index (χ0n) is 9.64. The third kappa shape index (κ3) is 6.24. The second-order valence-corrected chi connectivity index (χ2v) is 5.41. The molecule has 0 spiro atoms. The van der Waals surface area contributed by atoms with Gasteiger partial charge in [-0.3, -0.25) is 0 Å². The van der Waals surface area contributed by atoms with Crippen molar-refractivity contribution < 1.29 is 9.53 Å². The Hall–Kier alpha value is 0.0195. The molecule has 0 rings (SSSR count). The number of methoxy groups -OCH3 is 1. The zero-order valence-corrected chi connectivity index (χ0v) is 12.1. The Labute approximate surface area is 104 Å². The van der Waals surface area contributed by atoms with E-state index in [0.717, 1.165) is 12.8 Å². The molecule has 0 unspecified atom stereocenters. The average molecular weight is 298 g/mol. The van der Waals surface area contributed by atoms with Crippen LogP contribution in [0.5, 0.6) is 0 Å². The van der Waals surface area contributed by atoms with Crippen molar-refractivity contribution in [3.63, 3.8) is 0 Å². The molecule has 88 valence electrons. The van der Waals surface area contributed by atoms with Gasteiger partial charge in [-0.25, -0.2) is 0 Å². The van der Waals surface area contributed by atoms with Gasteiger partial charge in [-0.15, -0.1) is 0 Å². The second-order valence-electron chi connectivity index (χ2n) is 3.24. The number of carbonyl (C=O) groups is 1. The Morgan fingerprint density at radius 1 is 1.33 bits per heavy atom. The van der Waals surface area contributed by atoms with Crippen molar-refractivity contribution in [1.29, 1.82) is 0 Å². The average Bonchev–Trinajstić information content (AvgIpc) is 2.25. The van der Waals surface area contributed by atoms with Crippen molar-refractivity contribution in [2.24, 2.45) is 0 Å². The number of esters is 1. The molecule has 15 heavy (non-hydrogen) atoms. The Bertz CT molecular complexity index is 227. The number of halogens is 1. The zero-order chi connectivity index (χ0) is 11.7. The molecule has 0 aliphatic rings. The third-order valence-corrected chi connectivity index (χ3v) is 4.43. The molecule has 0 aromatic rings. The predicted octanol–water partition coefficient (Wildman–Crippen LogP) is 3.33. The van der Waals surface area contributed by atoms with Gasteiger partial charge in [0.1, 0.15) is 0 Å². The Morgan fingerprint density at radius 3 is 2.47 bits per heavy atom. The van der Waals surface area contributed by atoms with Gasteiger partial charge < -0.3 is 0 Å². The second kappa shape index (κ2) is 9.26. The first-order valence-electron chi connectivity index (χ1n) is 5.18. The summed E-state index contributed by atoms with van der Waals surface area (Å²) in [5.41, 5.74) is 0. The van der Waals surface area contributed by atoms with E-state index >= 15 is 0 Å². The molecule has 0 N–H and O–H groups in total. The SMILES string of the molecule is CCCCCC/C(Cl)=C(/[Se]C)C(=O)OC. The molecule has 0 fully saturated rings. The summed E-state index contributed by atoms with van der Waals surface area (Å²) in [6, 6.07) is 0. The van der Waals surface area contributed by atoms with E-state index in [2.05, 4.69) is 11.7 Å². The molecule has 4 heteroatoms. The van der Waals surface area contributed by atoms with E-state index in [1.165, 1.54) is 26.4 Å². The van der Waals surface area contributed by atoms with Crippen molar-refractivity contribution in [2.45, 2.75) is 44.9 Å². The summed E-state index contributed by atoms with van der Waals surface area (Å²) in [7, 11) is 1.40. The van der Waals surface area contributed by atoms with Crippen molar-refractivity contribution in [3.05, 3.63) is 9.50 Å². The van der Waals surface area contributed by atoms with Gasteiger partial charge in [0.25, 0.3) is 0 Å². The van der Waals surface area contributed by atoms with Crippen LogP contribution in [0.2, 0.25) is 5.82 Å². The number of hydrogen-bond acceptors (Lipinski definition) is 2. The number of ether oxygens (including phenoxy) is 1. The standard InChI is InChI=1S/C11H19ClO2Se/c1-4-5-6-7-8-9(12)10(15-3)11(13)14-2/h4-8H2,1-3H3/b10-9-. The quantitative estimate of drug-likeness (QED) is 0.312. The number of carbonyl (C=O) groups excluding carboxylic acids is 1. The summed E-state index contributed by atoms with van der Waals surface area (Å²) in [6.45, 7) is 2.17. The van der Waals surface area contributed by atoms with Crippen LogP contribution in [0.25, 0.3) is 0 Å². The van der Waals surface area contributed by atoms with Crippen LogP contribution in [-0.2, 0) is 9.53 Å². The minimum atomic E-state index is -0.266. The van der Waals surface area contributed by atoms with Gasteiger partial charge in [0, 0.05) is 0 Å². The van der Waals surface area contributed by atoms with E-state index in [0.29, 0.717) is 9.50 Å². The fraction of sp³-hybridized carbons (Fsp3) is 0.727. The molecule has 0 aliphatic carbocycles. The van der Waals surface area contributed by atoms with Gasteiger partial charge in [0.2, 0.25) is 0 Å². The van der Waals surface area contributed by atoms with Crippen molar-refractivity contribution in [2.75, 3.05) is 7.11 Å². The Kier molecular flexibility index (Phi) is 9.27. The molecule has 0 saturated carbocycles. The van der Waals surface area contributed by atoms with Gasteiger partial charge in [-0.1, -0.05) is 0 Å². The van der Waals surface area contributed by atoms with E-state index in [4.69, 9.17) is 11.6 Å².